The summed E-state index contributed by atoms with van der Waals surface area (Å²) in [5.41, 5.74) is -1.34. The summed E-state index contributed by atoms with van der Waals surface area (Å²) in [5, 5.41) is 7.62. The highest BCUT2D eigenvalue weighted by Gasteiger charge is 2.34. The molecule has 0 unspecified atom stereocenters. The summed E-state index contributed by atoms with van der Waals surface area (Å²) >= 11 is 0. The first-order valence-corrected chi connectivity index (χ1v) is 11.3. The number of sulfonamides is 1. The number of halogens is 3. The number of methoxy groups -OCH3 is 2. The zero-order valence-corrected chi connectivity index (χ0v) is 19.2. The molecule has 0 spiro atoms. The quantitative estimate of drug-likeness (QED) is 0.484. The Labute approximate surface area is 198 Å². The van der Waals surface area contributed by atoms with Crippen molar-refractivity contribution >= 4 is 27.6 Å². The van der Waals surface area contributed by atoms with Crippen molar-refractivity contribution in [1.82, 2.24) is 0 Å². The molecule has 0 aliphatic carbocycles. The van der Waals surface area contributed by atoms with Crippen molar-refractivity contribution in [3.63, 3.8) is 0 Å². The molecule has 0 saturated heterocycles. The largest absolute Gasteiger partial charge is 0.495 e. The molecule has 0 radical (unpaired) electrons. The number of hydrogen-bond acceptors (Lipinski definition) is 6. The van der Waals surface area contributed by atoms with E-state index in [-0.39, 0.29) is 38.6 Å². The predicted molar refractivity (Wildman–Crippen MR) is 121 cm³/mol. The minimum Gasteiger partial charge on any atom is -0.495 e. The van der Waals surface area contributed by atoms with Crippen LogP contribution in [-0.4, -0.2) is 34.5 Å². The zero-order chi connectivity index (χ0) is 26.0. The lowest BCUT2D eigenvalue weighted by molar-refractivity contribution is -0.137. The number of anilines is 1. The van der Waals surface area contributed by atoms with Crippen molar-refractivity contribution < 1.29 is 40.7 Å². The van der Waals surface area contributed by atoms with Gasteiger partial charge in [0.15, 0.2) is 0 Å². The molecule has 3 rings (SSSR count). The van der Waals surface area contributed by atoms with Gasteiger partial charge in [0, 0.05) is 11.3 Å². The van der Waals surface area contributed by atoms with E-state index in [1.165, 1.54) is 49.6 Å². The second kappa shape index (κ2) is 9.76. The van der Waals surface area contributed by atoms with Gasteiger partial charge in [-0.3, -0.25) is 4.79 Å². The van der Waals surface area contributed by atoms with Crippen LogP contribution in [0.2, 0.25) is 0 Å². The Bertz CT molecular complexity index is 1400. The van der Waals surface area contributed by atoms with Crippen molar-refractivity contribution in [2.45, 2.75) is 11.1 Å². The van der Waals surface area contributed by atoms with Gasteiger partial charge in [0.05, 0.1) is 25.3 Å². The molecule has 184 valence electrons. The van der Waals surface area contributed by atoms with Crippen molar-refractivity contribution in [3.05, 3.63) is 77.4 Å². The highest BCUT2D eigenvalue weighted by Crippen LogP contribution is 2.39. The number of rotatable bonds is 6. The second-order valence-electron chi connectivity index (χ2n) is 7.16. The number of benzene rings is 3. The Morgan fingerprint density at radius 2 is 1.63 bits per heavy atom. The molecule has 1 amide bonds. The standard InChI is InChI=1S/C23H19F3N2O6S/c1-33-19-11-13(7-10-20(19)35(27,31)32)21(29)28-14-8-9-15(17(12-14)22(30)34-2)16-5-3-4-6-18(16)23(24,25)26/h3-12H,1-2H3,(H,28,29)(H2,27,31,32). The van der Waals surface area contributed by atoms with E-state index in [1.54, 1.807) is 0 Å². The summed E-state index contributed by atoms with van der Waals surface area (Å²) in [4.78, 5) is 24.8. The Morgan fingerprint density at radius 3 is 2.23 bits per heavy atom. The molecule has 3 N–H and O–H groups in total. The summed E-state index contributed by atoms with van der Waals surface area (Å²) in [6, 6.07) is 12.0. The minimum absolute atomic E-state index is 0.000335. The van der Waals surface area contributed by atoms with E-state index < -0.39 is 33.6 Å². The van der Waals surface area contributed by atoms with Crippen LogP contribution in [0.15, 0.2) is 65.6 Å². The number of hydrogen-bond donors (Lipinski definition) is 2. The van der Waals surface area contributed by atoms with Crippen LogP contribution >= 0.6 is 0 Å². The summed E-state index contributed by atoms with van der Waals surface area (Å²) in [5.74, 6) is -1.77. The predicted octanol–water partition coefficient (Wildman–Crippen LogP) is 4.07. The lowest BCUT2D eigenvalue weighted by atomic mass is 9.94. The van der Waals surface area contributed by atoms with Gasteiger partial charge >= 0.3 is 12.1 Å². The van der Waals surface area contributed by atoms with E-state index in [2.05, 4.69) is 5.32 Å². The van der Waals surface area contributed by atoms with Crippen LogP contribution in [0, 0.1) is 0 Å². The monoisotopic (exact) mass is 508 g/mol. The van der Waals surface area contributed by atoms with Gasteiger partial charge in [-0.25, -0.2) is 18.4 Å². The Balaban J connectivity index is 2.02. The summed E-state index contributed by atoms with van der Waals surface area (Å²) in [6.07, 6.45) is -4.67. The minimum atomic E-state index is -4.67. The number of amides is 1. The van der Waals surface area contributed by atoms with Gasteiger partial charge in [-0.15, -0.1) is 0 Å². The van der Waals surface area contributed by atoms with Crippen LogP contribution in [-0.2, 0) is 20.9 Å². The zero-order valence-electron chi connectivity index (χ0n) is 18.3. The maximum Gasteiger partial charge on any atom is 0.417 e. The molecule has 3 aromatic rings. The Morgan fingerprint density at radius 1 is 0.943 bits per heavy atom. The molecule has 0 bridgehead atoms. The fourth-order valence-electron chi connectivity index (χ4n) is 3.35. The van der Waals surface area contributed by atoms with Crippen molar-refractivity contribution in [1.29, 1.82) is 0 Å². The number of carbonyl (C=O) groups is 2. The van der Waals surface area contributed by atoms with Gasteiger partial charge in [-0.2, -0.15) is 13.2 Å². The molecule has 35 heavy (non-hydrogen) atoms. The lowest BCUT2D eigenvalue weighted by Crippen LogP contribution is -2.16. The maximum atomic E-state index is 13.5. The topological polar surface area (TPSA) is 125 Å². The van der Waals surface area contributed by atoms with Gasteiger partial charge in [0.2, 0.25) is 10.0 Å². The first-order chi connectivity index (χ1) is 16.4. The van der Waals surface area contributed by atoms with Crippen LogP contribution in [0.3, 0.4) is 0 Å². The third-order valence-electron chi connectivity index (χ3n) is 4.94. The van der Waals surface area contributed by atoms with Crippen LogP contribution < -0.4 is 15.2 Å². The smallest absolute Gasteiger partial charge is 0.417 e. The van der Waals surface area contributed by atoms with Crippen LogP contribution in [0.4, 0.5) is 18.9 Å². The van der Waals surface area contributed by atoms with Gasteiger partial charge in [-0.1, -0.05) is 24.3 Å². The van der Waals surface area contributed by atoms with E-state index >= 15 is 0 Å². The average molecular weight is 508 g/mol. The highest BCUT2D eigenvalue weighted by molar-refractivity contribution is 7.89. The SMILES string of the molecule is COC(=O)c1cc(NC(=O)c2ccc(S(N)(=O)=O)c(OC)c2)ccc1-c1ccccc1C(F)(F)F. The number of ether oxygens (including phenoxy) is 2. The molecule has 12 heteroatoms. The first kappa shape index (κ1) is 25.7. The average Bonchev–Trinajstić information content (AvgIpc) is 2.81. The summed E-state index contributed by atoms with van der Waals surface area (Å²) in [6.45, 7) is 0. The van der Waals surface area contributed by atoms with Crippen LogP contribution in [0.5, 0.6) is 5.75 Å². The van der Waals surface area contributed by atoms with Crippen molar-refractivity contribution in [2.75, 3.05) is 19.5 Å². The van der Waals surface area contributed by atoms with E-state index in [1.807, 2.05) is 0 Å². The molecule has 8 nitrogen and oxygen atoms in total. The van der Waals surface area contributed by atoms with Gasteiger partial charge < -0.3 is 14.8 Å². The molecule has 0 atom stereocenters. The van der Waals surface area contributed by atoms with Crippen LogP contribution in [0.1, 0.15) is 26.3 Å². The summed E-state index contributed by atoms with van der Waals surface area (Å²) in [7, 11) is -1.82. The molecule has 3 aromatic carbocycles. The van der Waals surface area contributed by atoms with Gasteiger partial charge in [0.1, 0.15) is 10.6 Å². The number of carbonyl (C=O) groups excluding carboxylic acids is 2. The number of esters is 1. The molecule has 0 aromatic heterocycles. The summed E-state index contributed by atoms with van der Waals surface area (Å²) < 4.78 is 73.5. The molecule has 0 aliphatic heterocycles. The van der Waals surface area contributed by atoms with E-state index in [4.69, 9.17) is 14.6 Å². The Kier molecular flexibility index (Phi) is 7.17. The number of nitrogens with one attached hydrogen (secondary N) is 1. The third-order valence-corrected chi connectivity index (χ3v) is 5.89. The normalized spacial score (nSPS) is 11.6. The van der Waals surface area contributed by atoms with E-state index in [0.717, 1.165) is 25.3 Å². The number of nitrogens with two attached hydrogens (primary N) is 1. The Hall–Kier alpha value is -3.90. The fraction of sp³-hybridized carbons (Fsp3) is 0.130. The van der Waals surface area contributed by atoms with Crippen LogP contribution in [0.25, 0.3) is 11.1 Å². The molecule has 0 heterocycles. The molecule has 0 fully saturated rings. The molecule has 0 saturated carbocycles. The molecule has 0 aliphatic rings. The highest BCUT2D eigenvalue weighted by atomic mass is 32.2. The maximum absolute atomic E-state index is 13.5. The van der Waals surface area contributed by atoms with E-state index in [0.29, 0.717) is 0 Å². The fourth-order valence-corrected chi connectivity index (χ4v) is 4.03. The van der Waals surface area contributed by atoms with Gasteiger partial charge in [0.25, 0.3) is 5.91 Å². The third kappa shape index (κ3) is 5.61. The second-order valence-corrected chi connectivity index (χ2v) is 8.69. The van der Waals surface area contributed by atoms with Gasteiger partial charge in [-0.05, 0) is 47.5 Å². The van der Waals surface area contributed by atoms with E-state index in [9.17, 15) is 31.2 Å². The first-order valence-electron chi connectivity index (χ1n) is 9.78. The lowest BCUT2D eigenvalue weighted by Gasteiger charge is -2.16. The van der Waals surface area contributed by atoms with Crippen molar-refractivity contribution in [3.8, 4) is 16.9 Å². The number of primary sulfonamides is 1. The molecular weight excluding hydrogens is 489 g/mol. The van der Waals surface area contributed by atoms with Crippen molar-refractivity contribution in [2.24, 2.45) is 5.14 Å². The molecular formula is C23H19F3N2O6S. The number of alkyl halides is 3.